The first-order valence-electron chi connectivity index (χ1n) is 8.49. The van der Waals surface area contributed by atoms with Crippen LogP contribution in [0.4, 0.5) is 0 Å². The van der Waals surface area contributed by atoms with E-state index in [2.05, 4.69) is 6.07 Å². The zero-order valence-corrected chi connectivity index (χ0v) is 17.0. The fourth-order valence-electron chi connectivity index (χ4n) is 2.13. The zero-order valence-electron chi connectivity index (χ0n) is 15.3. The van der Waals surface area contributed by atoms with Crippen molar-refractivity contribution < 1.29 is 19.2 Å². The lowest BCUT2D eigenvalue weighted by molar-refractivity contribution is -0.186. The van der Waals surface area contributed by atoms with Crippen molar-refractivity contribution in [2.24, 2.45) is 0 Å². The van der Waals surface area contributed by atoms with Gasteiger partial charge in [0, 0.05) is 19.3 Å². The summed E-state index contributed by atoms with van der Waals surface area (Å²) in [6.07, 6.45) is 2.32. The molecular weight excluding hydrogens is 384 g/mol. The summed E-state index contributed by atoms with van der Waals surface area (Å²) in [6, 6.07) is 11.8. The summed E-state index contributed by atoms with van der Waals surface area (Å²) < 4.78 is 0.0638. The topological polar surface area (TPSA) is 87.5 Å². The van der Waals surface area contributed by atoms with Crippen LogP contribution in [0.3, 0.4) is 0 Å². The highest BCUT2D eigenvalue weighted by Crippen LogP contribution is 2.32. The van der Waals surface area contributed by atoms with Gasteiger partial charge in [0.15, 0.2) is 0 Å². The van der Waals surface area contributed by atoms with Gasteiger partial charge in [0.1, 0.15) is 11.0 Å². The molecule has 1 fully saturated rings. The number of aldehydes is 1. The SMILES string of the molecule is CC(C#N)(CCC=O)SC(=S)c1ccccc1.CCON1C(=O)CCC1=O. The van der Waals surface area contributed by atoms with Gasteiger partial charge >= 0.3 is 0 Å². The zero-order chi connectivity index (χ0) is 20.3. The highest BCUT2D eigenvalue weighted by molar-refractivity contribution is 8.24. The number of nitrogens with zero attached hydrogens (tertiary/aromatic N) is 2. The lowest BCUT2D eigenvalue weighted by atomic mass is 10.1. The van der Waals surface area contributed by atoms with Crippen LogP contribution in [0.2, 0.25) is 0 Å². The molecule has 0 spiro atoms. The van der Waals surface area contributed by atoms with Crippen LogP contribution < -0.4 is 0 Å². The Labute approximate surface area is 168 Å². The molecule has 0 aliphatic carbocycles. The molecule has 0 radical (unpaired) electrons. The highest BCUT2D eigenvalue weighted by Gasteiger charge is 2.29. The van der Waals surface area contributed by atoms with Crippen molar-refractivity contribution in [2.75, 3.05) is 6.61 Å². The molecule has 1 unspecified atom stereocenters. The average molecular weight is 407 g/mol. The molecule has 1 aliphatic rings. The molecule has 8 heteroatoms. The van der Waals surface area contributed by atoms with E-state index in [0.717, 1.165) is 16.9 Å². The molecule has 2 amide bonds. The number of carbonyl (C=O) groups is 3. The van der Waals surface area contributed by atoms with E-state index in [1.807, 2.05) is 37.3 Å². The Bertz CT molecular complexity index is 702. The third-order valence-electron chi connectivity index (χ3n) is 3.57. The number of nitriles is 1. The molecule has 1 saturated heterocycles. The van der Waals surface area contributed by atoms with E-state index < -0.39 is 4.75 Å². The lowest BCUT2D eigenvalue weighted by Gasteiger charge is -2.20. The molecule has 6 nitrogen and oxygen atoms in total. The molecule has 0 aromatic heterocycles. The number of benzene rings is 1. The van der Waals surface area contributed by atoms with E-state index >= 15 is 0 Å². The van der Waals surface area contributed by atoms with E-state index in [-0.39, 0.29) is 11.8 Å². The van der Waals surface area contributed by atoms with Crippen molar-refractivity contribution in [3.63, 3.8) is 0 Å². The summed E-state index contributed by atoms with van der Waals surface area (Å²) >= 11 is 6.66. The fourth-order valence-corrected chi connectivity index (χ4v) is 3.75. The van der Waals surface area contributed by atoms with E-state index in [0.29, 0.717) is 36.5 Å². The molecule has 2 rings (SSSR count). The third-order valence-corrected chi connectivity index (χ3v) is 5.22. The van der Waals surface area contributed by atoms with E-state index in [4.69, 9.17) is 22.3 Å². The number of hydrogen-bond acceptors (Lipinski definition) is 7. The monoisotopic (exact) mass is 406 g/mol. The maximum atomic E-state index is 10.8. The first-order chi connectivity index (χ1) is 12.9. The number of carbonyl (C=O) groups excluding carboxylic acids is 3. The van der Waals surface area contributed by atoms with Crippen LogP contribution >= 0.6 is 24.0 Å². The number of imide groups is 1. The van der Waals surface area contributed by atoms with Gasteiger partial charge < -0.3 is 4.79 Å². The minimum atomic E-state index is -0.631. The smallest absolute Gasteiger partial charge is 0.253 e. The van der Waals surface area contributed by atoms with Crippen LogP contribution in [0.5, 0.6) is 0 Å². The first kappa shape index (κ1) is 23.0. The number of rotatable bonds is 7. The summed E-state index contributed by atoms with van der Waals surface area (Å²) in [5.41, 5.74) is 0.945. The van der Waals surface area contributed by atoms with Gasteiger partial charge in [-0.2, -0.15) is 10.3 Å². The van der Waals surface area contributed by atoms with Crippen molar-refractivity contribution in [3.8, 4) is 6.07 Å². The van der Waals surface area contributed by atoms with Crippen molar-refractivity contribution in [3.05, 3.63) is 35.9 Å². The summed E-state index contributed by atoms with van der Waals surface area (Å²) in [6.45, 7) is 3.91. The van der Waals surface area contributed by atoms with E-state index in [1.54, 1.807) is 6.92 Å². The Balaban J connectivity index is 0.000000309. The van der Waals surface area contributed by atoms with Crippen LogP contribution in [0, 0.1) is 11.3 Å². The summed E-state index contributed by atoms with van der Waals surface area (Å²) in [5, 5.41) is 10.0. The van der Waals surface area contributed by atoms with Gasteiger partial charge in [-0.05, 0) is 25.8 Å². The van der Waals surface area contributed by atoms with E-state index in [1.165, 1.54) is 11.8 Å². The van der Waals surface area contributed by atoms with Crippen molar-refractivity contribution in [1.29, 1.82) is 5.26 Å². The van der Waals surface area contributed by atoms with Crippen LogP contribution in [-0.4, -0.2) is 38.7 Å². The third kappa shape index (κ3) is 7.59. The molecule has 144 valence electrons. The maximum absolute atomic E-state index is 10.8. The molecule has 0 saturated carbocycles. The average Bonchev–Trinajstić information content (AvgIpc) is 3.00. The van der Waals surface area contributed by atoms with Crippen molar-refractivity contribution >= 4 is 46.3 Å². The highest BCUT2D eigenvalue weighted by atomic mass is 32.2. The van der Waals surface area contributed by atoms with E-state index in [9.17, 15) is 14.4 Å². The molecule has 1 aliphatic heterocycles. The number of hydrogen-bond donors (Lipinski definition) is 0. The fraction of sp³-hybridized carbons (Fsp3) is 0.421. The predicted molar refractivity (Wildman–Crippen MR) is 108 cm³/mol. The van der Waals surface area contributed by atoms with Crippen LogP contribution in [0.1, 0.15) is 45.1 Å². The number of thioether (sulfide) groups is 1. The van der Waals surface area contributed by atoms with Gasteiger partial charge in [-0.15, -0.1) is 0 Å². The van der Waals surface area contributed by atoms with Gasteiger partial charge in [-0.25, -0.2) is 0 Å². The first-order valence-corrected chi connectivity index (χ1v) is 9.71. The molecule has 27 heavy (non-hydrogen) atoms. The molecule has 0 N–H and O–H groups in total. The molecule has 1 aromatic rings. The molecular formula is C19H22N2O4S2. The predicted octanol–water partition coefficient (Wildman–Crippen LogP) is 3.44. The van der Waals surface area contributed by atoms with Crippen molar-refractivity contribution in [1.82, 2.24) is 5.06 Å². The summed E-state index contributed by atoms with van der Waals surface area (Å²) in [5.74, 6) is -0.460. The van der Waals surface area contributed by atoms with Crippen molar-refractivity contribution in [2.45, 2.75) is 44.3 Å². The van der Waals surface area contributed by atoms with Gasteiger partial charge in [-0.3, -0.25) is 14.4 Å². The van der Waals surface area contributed by atoms with Gasteiger partial charge in [0.2, 0.25) is 0 Å². The summed E-state index contributed by atoms with van der Waals surface area (Å²) in [4.78, 5) is 36.6. The lowest BCUT2D eigenvalue weighted by Crippen LogP contribution is -2.28. The molecule has 1 heterocycles. The Morgan fingerprint density at radius 2 is 1.93 bits per heavy atom. The Morgan fingerprint density at radius 1 is 1.33 bits per heavy atom. The second kappa shape index (κ2) is 11.6. The molecule has 0 bridgehead atoms. The standard InChI is InChI=1S/C13H13NOS2.C6H9NO3/c1-13(10-14,8-5-9-15)17-12(16)11-6-3-2-4-7-11;1-2-10-7-5(8)3-4-6(7)9/h2-4,6-7,9H,5,8H2,1H3;2-4H2,1H3. The van der Waals surface area contributed by atoms with Gasteiger partial charge in [-0.1, -0.05) is 54.3 Å². The molecule has 1 aromatic carbocycles. The van der Waals surface area contributed by atoms with Crippen LogP contribution in [0.25, 0.3) is 0 Å². The quantitative estimate of drug-likeness (QED) is 0.389. The van der Waals surface area contributed by atoms with Gasteiger partial charge in [0.25, 0.3) is 11.8 Å². The van der Waals surface area contributed by atoms with Crippen LogP contribution in [-0.2, 0) is 19.2 Å². The Kier molecular flexibility index (Phi) is 9.86. The second-order valence-electron chi connectivity index (χ2n) is 5.80. The number of hydroxylamine groups is 2. The summed E-state index contributed by atoms with van der Waals surface area (Å²) in [7, 11) is 0. The van der Waals surface area contributed by atoms with Crippen LogP contribution in [0.15, 0.2) is 30.3 Å². The number of thiocarbonyl (C=S) groups is 1. The normalized spacial score (nSPS) is 15.4. The minimum Gasteiger partial charge on any atom is -0.303 e. The largest absolute Gasteiger partial charge is 0.303 e. The minimum absolute atomic E-state index is 0.230. The maximum Gasteiger partial charge on any atom is 0.253 e. The Morgan fingerprint density at radius 3 is 2.41 bits per heavy atom. The Hall–Kier alpha value is -2.08. The number of amides is 2. The van der Waals surface area contributed by atoms with Gasteiger partial charge in [0.05, 0.1) is 16.9 Å². The molecule has 1 atom stereocenters. The second-order valence-corrected chi connectivity index (χ2v) is 7.98.